The van der Waals surface area contributed by atoms with Crippen LogP contribution in [0.15, 0.2) is 108 Å². The molecule has 214 valence electrons. The van der Waals surface area contributed by atoms with E-state index in [1.54, 1.807) is 22.3 Å². The summed E-state index contributed by atoms with van der Waals surface area (Å²) >= 11 is -3.73. The predicted octanol–water partition coefficient (Wildman–Crippen LogP) is 10.6. The van der Waals surface area contributed by atoms with Gasteiger partial charge in [-0.15, -0.1) is 24.8 Å². The summed E-state index contributed by atoms with van der Waals surface area (Å²) in [7, 11) is 0. The van der Waals surface area contributed by atoms with Crippen LogP contribution in [0.25, 0.3) is 34.4 Å². The van der Waals surface area contributed by atoms with Gasteiger partial charge in [-0.05, 0) is 0 Å². The first kappa shape index (κ1) is 30.1. The summed E-state index contributed by atoms with van der Waals surface area (Å²) in [5.41, 5.74) is 15.4. The van der Waals surface area contributed by atoms with Crippen molar-refractivity contribution in [3.8, 4) is 22.3 Å². The first-order valence-electron chi connectivity index (χ1n) is 15.3. The fourth-order valence-corrected chi connectivity index (χ4v) is 36.4. The Hall–Kier alpha value is -1.97. The van der Waals surface area contributed by atoms with E-state index >= 15 is 0 Å². The number of rotatable bonds is 6. The van der Waals surface area contributed by atoms with Gasteiger partial charge in [-0.2, -0.15) is 0 Å². The van der Waals surface area contributed by atoms with E-state index in [1.807, 2.05) is 0 Å². The van der Waals surface area contributed by atoms with Crippen LogP contribution in [0.5, 0.6) is 0 Å². The predicted molar refractivity (Wildman–Crippen MR) is 185 cm³/mol. The van der Waals surface area contributed by atoms with Crippen molar-refractivity contribution in [3.63, 3.8) is 0 Å². The fourth-order valence-electron chi connectivity index (χ4n) is 8.41. The normalized spacial score (nSPS) is 20.9. The van der Waals surface area contributed by atoms with E-state index in [4.69, 9.17) is 0 Å². The molecule has 4 aliphatic carbocycles. The maximum absolute atomic E-state index is 3.73. The molecule has 8 rings (SSSR count). The Labute approximate surface area is 266 Å². The summed E-state index contributed by atoms with van der Waals surface area (Å²) in [5.74, 6) is 1.57. The molecular formula is C38H40Cl2HfSi. The maximum atomic E-state index is 2.84. The topological polar surface area (TPSA) is 0 Å². The van der Waals surface area contributed by atoms with E-state index in [2.05, 4.69) is 126 Å². The third kappa shape index (κ3) is 4.82. The zero-order chi connectivity index (χ0) is 27.1. The Morgan fingerprint density at radius 3 is 1.26 bits per heavy atom. The molecule has 4 aromatic rings. The molecule has 2 atom stereocenters. The van der Waals surface area contributed by atoms with Gasteiger partial charge in [0.15, 0.2) is 0 Å². The summed E-state index contributed by atoms with van der Waals surface area (Å²) in [6.45, 7) is 2.53. The number of hydrogen-bond donors (Lipinski definition) is 0. The van der Waals surface area contributed by atoms with E-state index in [0.717, 1.165) is 11.8 Å². The molecule has 0 aromatic heterocycles. The Balaban J connectivity index is 0.00000158. The molecule has 2 saturated carbocycles. The van der Waals surface area contributed by atoms with Crippen molar-refractivity contribution >= 4 is 43.9 Å². The first-order chi connectivity index (χ1) is 19.4. The number of allylic oxidation sites excluding steroid dienone is 2. The van der Waals surface area contributed by atoms with Gasteiger partial charge < -0.3 is 0 Å². The molecule has 0 heterocycles. The van der Waals surface area contributed by atoms with E-state index < -0.39 is 17.1 Å². The van der Waals surface area contributed by atoms with Gasteiger partial charge in [0.05, 0.1) is 0 Å². The van der Waals surface area contributed by atoms with Gasteiger partial charge in [-0.25, -0.2) is 0 Å². The average molecular weight is 774 g/mol. The van der Waals surface area contributed by atoms with Crippen LogP contribution in [0.2, 0.25) is 9.36 Å². The van der Waals surface area contributed by atoms with Gasteiger partial charge in [0.1, 0.15) is 0 Å². The molecule has 0 radical (unpaired) electrons. The third-order valence-electron chi connectivity index (χ3n) is 10.4. The minimum atomic E-state index is -3.73. The van der Waals surface area contributed by atoms with Crippen LogP contribution in [0.3, 0.4) is 0 Å². The van der Waals surface area contributed by atoms with Crippen molar-refractivity contribution in [2.45, 2.75) is 42.4 Å². The molecular weight excluding hydrogens is 734 g/mol. The summed E-state index contributed by atoms with van der Waals surface area (Å²) in [6, 6.07) is 36.6. The van der Waals surface area contributed by atoms with Crippen LogP contribution in [-0.2, 0) is 17.1 Å². The van der Waals surface area contributed by atoms with Crippen LogP contribution in [0.1, 0.15) is 55.3 Å². The minimum absolute atomic E-state index is 0. The molecule has 2 unspecified atom stereocenters. The van der Waals surface area contributed by atoms with Crippen molar-refractivity contribution in [2.24, 2.45) is 11.8 Å². The van der Waals surface area contributed by atoms with Crippen molar-refractivity contribution in [1.29, 1.82) is 0 Å². The number of fused-ring (bicyclic) bond motifs is 2. The van der Waals surface area contributed by atoms with Crippen LogP contribution in [0.4, 0.5) is 0 Å². The SMILES string of the molecule is Cl.Cl.[CH3][Hf]([CH3])(=[SiH2])([CH]1C(C2CC2)=Cc2c(-c3ccccc3)cccc21)[CH]1C(C2CC2)=Cc2c(-c3ccccc3)cccc21. The summed E-state index contributed by atoms with van der Waals surface area (Å²) < 4.78 is 6.93. The van der Waals surface area contributed by atoms with Crippen molar-refractivity contribution in [1.82, 2.24) is 0 Å². The summed E-state index contributed by atoms with van der Waals surface area (Å²) in [4.78, 5) is 0. The summed E-state index contributed by atoms with van der Waals surface area (Å²) in [6.07, 6.45) is 10.8. The second-order valence-electron chi connectivity index (χ2n) is 14.0. The molecule has 0 aliphatic heterocycles. The molecule has 0 bridgehead atoms. The van der Waals surface area contributed by atoms with Crippen molar-refractivity contribution in [2.75, 3.05) is 0 Å². The zero-order valence-electron chi connectivity index (χ0n) is 24.6. The molecule has 0 spiro atoms. The van der Waals surface area contributed by atoms with Crippen molar-refractivity contribution in [3.05, 3.63) is 130 Å². The molecule has 2 fully saturated rings. The van der Waals surface area contributed by atoms with Gasteiger partial charge in [0.2, 0.25) is 0 Å². The van der Waals surface area contributed by atoms with E-state index in [9.17, 15) is 0 Å². The molecule has 0 nitrogen and oxygen atoms in total. The van der Waals surface area contributed by atoms with E-state index in [-0.39, 0.29) is 24.8 Å². The third-order valence-corrected chi connectivity index (χ3v) is 35.3. The Bertz CT molecular complexity index is 1660. The Morgan fingerprint density at radius 1 is 0.524 bits per heavy atom. The molecule has 4 aliphatic rings. The number of benzene rings is 4. The quantitative estimate of drug-likeness (QED) is 0.171. The Kier molecular flexibility index (Phi) is 7.79. The molecule has 4 heteroatoms. The molecule has 0 amide bonds. The monoisotopic (exact) mass is 774 g/mol. The second-order valence-corrected chi connectivity index (χ2v) is 57.5. The van der Waals surface area contributed by atoms with Gasteiger partial charge >= 0.3 is 243 Å². The molecule has 4 aromatic carbocycles. The first-order valence-corrected chi connectivity index (χ1v) is 34.9. The van der Waals surface area contributed by atoms with Crippen LogP contribution >= 0.6 is 24.8 Å². The van der Waals surface area contributed by atoms with Crippen molar-refractivity contribution < 1.29 is 17.1 Å². The van der Waals surface area contributed by atoms with Crippen LogP contribution < -0.4 is 0 Å². The van der Waals surface area contributed by atoms with Crippen LogP contribution in [-0.4, -0.2) is 6.94 Å². The van der Waals surface area contributed by atoms with E-state index in [1.165, 1.54) is 59.1 Å². The zero-order valence-corrected chi connectivity index (χ0v) is 31.2. The number of halogens is 2. The Morgan fingerprint density at radius 2 is 0.905 bits per heavy atom. The van der Waals surface area contributed by atoms with Gasteiger partial charge in [-0.3, -0.25) is 0 Å². The van der Waals surface area contributed by atoms with Gasteiger partial charge in [-0.1, -0.05) is 0 Å². The summed E-state index contributed by atoms with van der Waals surface area (Å²) in [5, 5.41) is 0. The van der Waals surface area contributed by atoms with Gasteiger partial charge in [0.25, 0.3) is 0 Å². The number of hydrogen-bond acceptors (Lipinski definition) is 0. The van der Waals surface area contributed by atoms with Gasteiger partial charge in [0, 0.05) is 0 Å². The second kappa shape index (κ2) is 10.9. The molecule has 42 heavy (non-hydrogen) atoms. The standard InChI is InChI=1S/2C18H15.2CH3.2ClH.Hf.H2Si/c2*1-2-5-14(6-3-1)17-8-4-7-15-11-16(12-18(15)17)13-9-10-13;;;;;;/h2*1-8,11-13H,9-10H2;2*1H3;2*1H;;1H2. The molecule has 0 N–H and O–H groups in total. The van der Waals surface area contributed by atoms with E-state index in [0.29, 0.717) is 7.35 Å². The van der Waals surface area contributed by atoms with Crippen LogP contribution in [0, 0.1) is 11.8 Å². The average Bonchev–Trinajstić information content (AvgIpc) is 3.91. The fraction of sp³-hybridized carbons (Fsp3) is 0.263. The molecule has 0 saturated heterocycles.